The van der Waals surface area contributed by atoms with Gasteiger partial charge in [-0.25, -0.2) is 0 Å². The zero-order valence-electron chi connectivity index (χ0n) is 6.23. The van der Waals surface area contributed by atoms with Crippen LogP contribution in [0.15, 0.2) is 0 Å². The van der Waals surface area contributed by atoms with Crippen LogP contribution in [0.4, 0.5) is 0 Å². The second kappa shape index (κ2) is 4.31. The van der Waals surface area contributed by atoms with Crippen LogP contribution >= 0.6 is 0 Å². The van der Waals surface area contributed by atoms with Crippen LogP contribution in [0.2, 0.25) is 0 Å². The fraction of sp³-hybridized carbons (Fsp3) is 0.875. The Kier molecular flexibility index (Phi) is 3.27. The molecule has 0 aliphatic heterocycles. The van der Waals surface area contributed by atoms with Crippen molar-refractivity contribution in [3.63, 3.8) is 0 Å². The summed E-state index contributed by atoms with van der Waals surface area (Å²) >= 11 is 0. The zero-order chi connectivity index (χ0) is 7.23. The third kappa shape index (κ3) is 2.38. The first-order chi connectivity index (χ1) is 4.93. The van der Waals surface area contributed by atoms with Gasteiger partial charge in [0.2, 0.25) is 0 Å². The quantitative estimate of drug-likeness (QED) is 0.461. The lowest BCUT2D eigenvalue weighted by molar-refractivity contribution is 0.487. The summed E-state index contributed by atoms with van der Waals surface area (Å²) in [4.78, 5) is 9.74. The highest BCUT2D eigenvalue weighted by molar-refractivity contribution is 5.46. The van der Waals surface area contributed by atoms with Crippen LogP contribution in [0, 0.1) is 5.92 Å². The maximum Gasteiger partial charge on any atom is 0.309 e. The zero-order valence-corrected chi connectivity index (χ0v) is 6.23. The van der Waals surface area contributed by atoms with Crippen molar-refractivity contribution in [2.24, 2.45) is 5.92 Å². The van der Waals surface area contributed by atoms with Crippen LogP contribution in [0.3, 0.4) is 0 Å². The molecule has 1 aliphatic carbocycles. The molecule has 1 radical (unpaired) electrons. The van der Waals surface area contributed by atoms with Crippen molar-refractivity contribution in [3.05, 3.63) is 0 Å². The number of rotatable bonds is 4. The van der Waals surface area contributed by atoms with Gasteiger partial charge in [0.1, 0.15) is 0 Å². The Labute approximate surface area is 62.0 Å². The second-order valence-corrected chi connectivity index (χ2v) is 2.97. The van der Waals surface area contributed by atoms with Crippen molar-refractivity contribution in [3.8, 4) is 0 Å². The largest absolute Gasteiger partial charge is 0.348 e. The molecular formula is C8H14NO. The third-order valence-electron chi connectivity index (χ3n) is 2.22. The van der Waals surface area contributed by atoms with E-state index < -0.39 is 0 Å². The molecule has 1 aliphatic rings. The van der Waals surface area contributed by atoms with Crippen LogP contribution in [0.5, 0.6) is 0 Å². The molecule has 0 heterocycles. The number of hydrogen-bond acceptors (Lipinski definition) is 1. The molecule has 2 nitrogen and oxygen atoms in total. The smallest absolute Gasteiger partial charge is 0.309 e. The van der Waals surface area contributed by atoms with Crippen molar-refractivity contribution in [1.82, 2.24) is 5.32 Å². The van der Waals surface area contributed by atoms with E-state index in [1.54, 1.807) is 6.41 Å². The summed E-state index contributed by atoms with van der Waals surface area (Å²) in [5, 5.41) is 2.57. The van der Waals surface area contributed by atoms with Gasteiger partial charge >= 0.3 is 6.41 Å². The van der Waals surface area contributed by atoms with Gasteiger partial charge in [0.05, 0.1) is 0 Å². The first-order valence-corrected chi connectivity index (χ1v) is 4.03. The van der Waals surface area contributed by atoms with Gasteiger partial charge < -0.3 is 5.32 Å². The first-order valence-electron chi connectivity index (χ1n) is 4.03. The molecule has 0 spiro atoms. The van der Waals surface area contributed by atoms with Crippen LogP contribution in [0.1, 0.15) is 32.1 Å². The van der Waals surface area contributed by atoms with Crippen LogP contribution in [-0.4, -0.2) is 13.0 Å². The Hall–Kier alpha value is -0.530. The summed E-state index contributed by atoms with van der Waals surface area (Å²) in [5.74, 6) is 0.876. The van der Waals surface area contributed by atoms with Crippen LogP contribution < -0.4 is 5.32 Å². The highest BCUT2D eigenvalue weighted by atomic mass is 16.1. The summed E-state index contributed by atoms with van der Waals surface area (Å²) in [5.41, 5.74) is 0. The minimum absolute atomic E-state index is 0.814. The topological polar surface area (TPSA) is 29.1 Å². The monoisotopic (exact) mass is 140 g/mol. The van der Waals surface area contributed by atoms with E-state index in [0.29, 0.717) is 0 Å². The average Bonchev–Trinajstić information content (AvgIpc) is 2.41. The molecule has 0 atom stereocenters. The Morgan fingerprint density at radius 3 is 2.70 bits per heavy atom. The maximum atomic E-state index is 9.74. The Bertz CT molecular complexity index is 97.4. The molecular weight excluding hydrogens is 126 g/mol. The van der Waals surface area contributed by atoms with Crippen molar-refractivity contribution < 1.29 is 4.79 Å². The van der Waals surface area contributed by atoms with Gasteiger partial charge in [-0.05, 0) is 12.3 Å². The normalized spacial score (nSPS) is 19.2. The molecule has 0 unspecified atom stereocenters. The second-order valence-electron chi connectivity index (χ2n) is 2.97. The molecule has 1 N–H and O–H groups in total. The summed E-state index contributed by atoms with van der Waals surface area (Å²) in [7, 11) is 0. The summed E-state index contributed by atoms with van der Waals surface area (Å²) in [6.07, 6.45) is 8.33. The Balaban J connectivity index is 1.96. The molecule has 2 heteroatoms. The molecule has 10 heavy (non-hydrogen) atoms. The molecule has 0 aromatic heterocycles. The molecule has 0 aromatic carbocycles. The fourth-order valence-corrected chi connectivity index (χ4v) is 1.63. The summed E-state index contributed by atoms with van der Waals surface area (Å²) in [6.45, 7) is 0.814. The van der Waals surface area contributed by atoms with E-state index in [9.17, 15) is 4.79 Å². The van der Waals surface area contributed by atoms with Gasteiger partial charge in [0.15, 0.2) is 0 Å². The van der Waals surface area contributed by atoms with E-state index in [-0.39, 0.29) is 0 Å². The molecule has 0 saturated heterocycles. The van der Waals surface area contributed by atoms with Crippen LogP contribution in [0.25, 0.3) is 0 Å². The molecule has 1 saturated carbocycles. The summed E-state index contributed by atoms with van der Waals surface area (Å²) < 4.78 is 0. The van der Waals surface area contributed by atoms with E-state index in [1.807, 2.05) is 0 Å². The van der Waals surface area contributed by atoms with Crippen molar-refractivity contribution in [2.75, 3.05) is 6.54 Å². The average molecular weight is 140 g/mol. The van der Waals surface area contributed by atoms with Gasteiger partial charge in [-0.2, -0.15) is 0 Å². The van der Waals surface area contributed by atoms with E-state index >= 15 is 0 Å². The van der Waals surface area contributed by atoms with E-state index in [2.05, 4.69) is 5.32 Å². The van der Waals surface area contributed by atoms with E-state index in [4.69, 9.17) is 0 Å². The number of amides is 1. The molecule has 1 fully saturated rings. The Morgan fingerprint density at radius 1 is 1.40 bits per heavy atom. The standard InChI is InChI=1S/C8H14NO/c10-7-9-6-5-8-3-1-2-4-8/h8H,1-6H2,(H,9,10). The maximum absolute atomic E-state index is 9.74. The predicted octanol–water partition coefficient (Wildman–Crippen LogP) is 1.22. The highest BCUT2D eigenvalue weighted by Gasteiger charge is 2.13. The van der Waals surface area contributed by atoms with Gasteiger partial charge in [-0.3, -0.25) is 4.79 Å². The first kappa shape index (κ1) is 7.58. The lowest BCUT2D eigenvalue weighted by Gasteiger charge is -2.05. The molecule has 0 aromatic rings. The fourth-order valence-electron chi connectivity index (χ4n) is 1.63. The van der Waals surface area contributed by atoms with Crippen molar-refractivity contribution in [1.29, 1.82) is 0 Å². The van der Waals surface area contributed by atoms with Gasteiger partial charge in [0.25, 0.3) is 0 Å². The SMILES string of the molecule is O=[C]NCCC1CCCC1. The van der Waals surface area contributed by atoms with Gasteiger partial charge in [-0.15, -0.1) is 0 Å². The van der Waals surface area contributed by atoms with Crippen molar-refractivity contribution in [2.45, 2.75) is 32.1 Å². The number of nitrogens with one attached hydrogen (secondary N) is 1. The molecule has 0 bridgehead atoms. The van der Waals surface area contributed by atoms with Gasteiger partial charge in [-0.1, -0.05) is 25.7 Å². The third-order valence-corrected chi connectivity index (χ3v) is 2.22. The molecule has 1 amide bonds. The van der Waals surface area contributed by atoms with Gasteiger partial charge in [0, 0.05) is 6.54 Å². The summed E-state index contributed by atoms with van der Waals surface area (Å²) in [6, 6.07) is 0. The lowest BCUT2D eigenvalue weighted by Crippen LogP contribution is -2.14. The van der Waals surface area contributed by atoms with Crippen molar-refractivity contribution >= 4 is 6.41 Å². The number of hydrogen-bond donors (Lipinski definition) is 1. The lowest BCUT2D eigenvalue weighted by atomic mass is 10.0. The number of carbonyl (C=O) groups excluding carboxylic acids is 1. The van der Waals surface area contributed by atoms with E-state index in [1.165, 1.54) is 25.7 Å². The highest BCUT2D eigenvalue weighted by Crippen LogP contribution is 2.26. The minimum atomic E-state index is 0.814. The van der Waals surface area contributed by atoms with E-state index in [0.717, 1.165) is 18.9 Å². The Morgan fingerprint density at radius 2 is 2.10 bits per heavy atom. The minimum Gasteiger partial charge on any atom is -0.348 e. The predicted molar refractivity (Wildman–Crippen MR) is 40.3 cm³/mol. The van der Waals surface area contributed by atoms with Crippen LogP contribution in [-0.2, 0) is 4.79 Å². The molecule has 1 rings (SSSR count). The molecule has 57 valence electrons.